The van der Waals surface area contributed by atoms with Crippen LogP contribution >= 0.6 is 0 Å². The zero-order valence-electron chi connectivity index (χ0n) is 18.9. The molecule has 30 heavy (non-hydrogen) atoms. The first-order valence-electron chi connectivity index (χ1n) is 11.7. The van der Waals surface area contributed by atoms with E-state index in [0.29, 0.717) is 17.8 Å². The molecule has 2 unspecified atom stereocenters. The van der Waals surface area contributed by atoms with Crippen molar-refractivity contribution in [3.63, 3.8) is 0 Å². The molecular weight excluding hydrogens is 385 g/mol. The minimum absolute atomic E-state index is 0.0638. The summed E-state index contributed by atoms with van der Waals surface area (Å²) in [4.78, 5) is 0. The second-order valence-corrected chi connectivity index (χ2v) is 11.3. The van der Waals surface area contributed by atoms with E-state index in [1.165, 1.54) is 23.6 Å². The minimum atomic E-state index is -4.13. The summed E-state index contributed by atoms with van der Waals surface area (Å²) >= 11 is 0. The molecule has 168 valence electrons. The van der Waals surface area contributed by atoms with E-state index in [0.717, 1.165) is 38.5 Å². The Hall–Kier alpha value is -1.03. The molecule has 0 aromatic heterocycles. The van der Waals surface area contributed by atoms with E-state index in [1.807, 2.05) is 6.92 Å². The number of aliphatic hydroxyl groups is 1. The summed E-state index contributed by atoms with van der Waals surface area (Å²) in [5.74, 6) is 1.95. The van der Waals surface area contributed by atoms with E-state index in [4.69, 9.17) is 0 Å². The molecule has 4 aliphatic rings. The van der Waals surface area contributed by atoms with Gasteiger partial charge in [-0.1, -0.05) is 56.2 Å². The van der Waals surface area contributed by atoms with Gasteiger partial charge in [0, 0.05) is 0 Å². The second kappa shape index (κ2) is 7.25. The highest BCUT2D eigenvalue weighted by Crippen LogP contribution is 2.66. The van der Waals surface area contributed by atoms with Crippen LogP contribution in [0.1, 0.15) is 79.1 Å². The molecule has 7 atom stereocenters. The number of alkyl halides is 3. The van der Waals surface area contributed by atoms with Crippen molar-refractivity contribution in [3.05, 3.63) is 35.5 Å². The Kier molecular flexibility index (Phi) is 5.36. The van der Waals surface area contributed by atoms with Crippen LogP contribution in [0.2, 0.25) is 0 Å². The highest BCUT2D eigenvalue weighted by molar-refractivity contribution is 5.33. The van der Waals surface area contributed by atoms with Gasteiger partial charge in [-0.3, -0.25) is 0 Å². The molecule has 2 saturated carbocycles. The Labute approximate surface area is 179 Å². The molecule has 0 spiro atoms. The van der Waals surface area contributed by atoms with Crippen LogP contribution in [-0.2, 0) is 0 Å². The van der Waals surface area contributed by atoms with Crippen LogP contribution < -0.4 is 0 Å². The van der Waals surface area contributed by atoms with Gasteiger partial charge in [0.1, 0.15) is 0 Å². The molecule has 4 aliphatic carbocycles. The van der Waals surface area contributed by atoms with Gasteiger partial charge in [0.25, 0.3) is 0 Å². The molecule has 0 radical (unpaired) electrons. The SMILES string of the molecule is C[C@H](/C=C/CC(F)(F)F)C1=CCC2[C@@H]3CC=C4C[C@@](C)(O)CC[C@]4(C)C3CC[C@]12C. The van der Waals surface area contributed by atoms with Gasteiger partial charge in [-0.15, -0.1) is 0 Å². The summed E-state index contributed by atoms with van der Waals surface area (Å²) in [5.41, 5.74) is 2.56. The predicted molar refractivity (Wildman–Crippen MR) is 115 cm³/mol. The third-order valence-electron chi connectivity index (χ3n) is 9.29. The fourth-order valence-corrected chi connectivity index (χ4v) is 7.62. The molecule has 1 N–H and O–H groups in total. The predicted octanol–water partition coefficient (Wildman–Crippen LogP) is 7.38. The van der Waals surface area contributed by atoms with Gasteiger partial charge < -0.3 is 5.11 Å². The lowest BCUT2D eigenvalue weighted by Gasteiger charge is -2.58. The van der Waals surface area contributed by atoms with Crippen LogP contribution in [0.25, 0.3) is 0 Å². The molecule has 0 aromatic carbocycles. The van der Waals surface area contributed by atoms with Crippen molar-refractivity contribution in [2.45, 2.75) is 90.8 Å². The summed E-state index contributed by atoms with van der Waals surface area (Å²) in [6, 6.07) is 0. The summed E-state index contributed by atoms with van der Waals surface area (Å²) in [7, 11) is 0. The molecule has 0 saturated heterocycles. The van der Waals surface area contributed by atoms with Crippen molar-refractivity contribution in [2.24, 2.45) is 34.5 Å². The molecule has 4 heteroatoms. The van der Waals surface area contributed by atoms with Crippen molar-refractivity contribution in [1.82, 2.24) is 0 Å². The van der Waals surface area contributed by atoms with Crippen LogP contribution in [-0.4, -0.2) is 16.9 Å². The smallest absolute Gasteiger partial charge is 0.390 e. The molecule has 0 amide bonds. The average molecular weight is 423 g/mol. The van der Waals surface area contributed by atoms with Gasteiger partial charge in [-0.2, -0.15) is 13.2 Å². The van der Waals surface area contributed by atoms with Gasteiger partial charge in [-0.05, 0) is 86.4 Å². The van der Waals surface area contributed by atoms with Gasteiger partial charge in [0.05, 0.1) is 12.0 Å². The molecule has 0 bridgehead atoms. The topological polar surface area (TPSA) is 20.2 Å². The lowest BCUT2D eigenvalue weighted by atomic mass is 9.46. The quantitative estimate of drug-likeness (QED) is 0.470. The van der Waals surface area contributed by atoms with Gasteiger partial charge >= 0.3 is 6.18 Å². The largest absolute Gasteiger partial charge is 0.392 e. The summed E-state index contributed by atoms with van der Waals surface area (Å²) < 4.78 is 37.6. The fraction of sp³-hybridized carbons (Fsp3) is 0.769. The fourth-order valence-electron chi connectivity index (χ4n) is 7.62. The van der Waals surface area contributed by atoms with E-state index in [-0.39, 0.29) is 16.7 Å². The monoisotopic (exact) mass is 422 g/mol. The van der Waals surface area contributed by atoms with Gasteiger partial charge in [-0.25, -0.2) is 0 Å². The van der Waals surface area contributed by atoms with E-state index < -0.39 is 18.2 Å². The summed E-state index contributed by atoms with van der Waals surface area (Å²) in [5, 5.41) is 10.6. The van der Waals surface area contributed by atoms with Crippen LogP contribution in [0.15, 0.2) is 35.5 Å². The number of fused-ring (bicyclic) bond motifs is 5. The van der Waals surface area contributed by atoms with E-state index in [1.54, 1.807) is 6.08 Å². The highest BCUT2D eigenvalue weighted by atomic mass is 19.4. The maximum atomic E-state index is 12.5. The van der Waals surface area contributed by atoms with E-state index in [2.05, 4.69) is 32.9 Å². The second-order valence-electron chi connectivity index (χ2n) is 11.3. The normalized spacial score (nSPS) is 44.7. The number of hydrogen-bond donors (Lipinski definition) is 1. The van der Waals surface area contributed by atoms with Crippen molar-refractivity contribution in [3.8, 4) is 0 Å². The molecule has 0 heterocycles. The third kappa shape index (κ3) is 3.72. The van der Waals surface area contributed by atoms with E-state index >= 15 is 0 Å². The molecule has 0 aromatic rings. The third-order valence-corrected chi connectivity index (χ3v) is 9.29. The standard InChI is InChI=1S/C26H37F3O/c1-17(6-5-12-26(27,28)29)20-9-10-21-19-8-7-18-16-23(2,30)14-15-24(18,3)22(19)11-13-25(20,21)4/h5-7,9,17,19,21-22,30H,8,10-16H2,1-4H3/b6-5+/t17-,19+,21?,22?,23+,24+,25-/m1/s1. The Balaban J connectivity index is 1.53. The minimum Gasteiger partial charge on any atom is -0.390 e. The molecule has 2 fully saturated rings. The number of rotatable bonds is 3. The van der Waals surface area contributed by atoms with Gasteiger partial charge in [0.2, 0.25) is 0 Å². The number of hydrogen-bond acceptors (Lipinski definition) is 1. The lowest BCUT2D eigenvalue weighted by molar-refractivity contribution is -0.125. The maximum Gasteiger partial charge on any atom is 0.392 e. The first-order valence-corrected chi connectivity index (χ1v) is 11.7. The van der Waals surface area contributed by atoms with Crippen molar-refractivity contribution in [2.75, 3.05) is 0 Å². The highest BCUT2D eigenvalue weighted by Gasteiger charge is 2.57. The summed E-state index contributed by atoms with van der Waals surface area (Å²) in [6.45, 7) is 8.83. The summed E-state index contributed by atoms with van der Waals surface area (Å²) in [6.07, 6.45) is 10.1. The zero-order valence-corrected chi connectivity index (χ0v) is 18.9. The van der Waals surface area contributed by atoms with Crippen molar-refractivity contribution < 1.29 is 18.3 Å². The Morgan fingerprint density at radius 3 is 2.50 bits per heavy atom. The first kappa shape index (κ1) is 22.2. The Morgan fingerprint density at radius 1 is 1.07 bits per heavy atom. The maximum absolute atomic E-state index is 12.5. The van der Waals surface area contributed by atoms with E-state index in [9.17, 15) is 18.3 Å². The molecule has 4 rings (SSSR count). The Morgan fingerprint density at radius 2 is 1.80 bits per heavy atom. The zero-order chi connectivity index (χ0) is 21.9. The van der Waals surface area contributed by atoms with Crippen LogP contribution in [0.5, 0.6) is 0 Å². The molecule has 1 nitrogen and oxygen atoms in total. The van der Waals surface area contributed by atoms with Gasteiger partial charge in [0.15, 0.2) is 0 Å². The Bertz CT molecular complexity index is 774. The average Bonchev–Trinajstić information content (AvgIpc) is 2.98. The van der Waals surface area contributed by atoms with Crippen molar-refractivity contribution >= 4 is 0 Å². The van der Waals surface area contributed by atoms with Crippen molar-refractivity contribution in [1.29, 1.82) is 0 Å². The van der Waals surface area contributed by atoms with Crippen LogP contribution in [0, 0.1) is 34.5 Å². The lowest BCUT2D eigenvalue weighted by Crippen LogP contribution is -2.51. The molecular formula is C26H37F3O. The first-order chi connectivity index (χ1) is 13.9. The molecule has 0 aliphatic heterocycles. The van der Waals surface area contributed by atoms with Crippen LogP contribution in [0.3, 0.4) is 0 Å². The number of allylic oxidation sites excluding steroid dienone is 5. The van der Waals surface area contributed by atoms with Crippen LogP contribution in [0.4, 0.5) is 13.2 Å². The number of halogens is 3.